The number of hydrogen-bond donors (Lipinski definition) is 3. The average molecular weight is 1210 g/mol. The summed E-state index contributed by atoms with van der Waals surface area (Å²) in [6, 6.07) is 22.5. The first-order chi connectivity index (χ1) is 36.7. The van der Waals surface area contributed by atoms with Gasteiger partial charge in [-0.1, -0.05) is 65.7 Å². The van der Waals surface area contributed by atoms with Gasteiger partial charge in [0, 0.05) is 50.2 Å². The molecule has 8 rings (SSSR count). The number of anilines is 2. The van der Waals surface area contributed by atoms with Crippen LogP contribution in [0.4, 0.5) is 46.5 Å². The van der Waals surface area contributed by atoms with E-state index in [1.165, 1.54) is 24.3 Å². The van der Waals surface area contributed by atoms with Crippen LogP contribution in [0, 0.1) is 25.5 Å². The second-order valence-electron chi connectivity index (χ2n) is 17.1. The molecule has 82 heavy (non-hydrogen) atoms. The van der Waals surface area contributed by atoms with Crippen molar-refractivity contribution >= 4 is 92.4 Å². The number of amides is 2. The number of hydrogen-bond acceptors (Lipinski definition) is 9. The molecule has 0 radical (unpaired) electrons. The van der Waals surface area contributed by atoms with E-state index in [9.17, 15) is 69.0 Å². The summed E-state index contributed by atoms with van der Waals surface area (Å²) in [4.78, 5) is 73.8. The van der Waals surface area contributed by atoms with E-state index in [-0.39, 0.29) is 113 Å². The molecule has 9 N–H and O–H groups in total. The Bertz CT molecular complexity index is 3690. The summed E-state index contributed by atoms with van der Waals surface area (Å²) in [5, 5.41) is 25.4. The molecule has 0 saturated carbocycles. The van der Waals surface area contributed by atoms with Crippen LogP contribution in [0.1, 0.15) is 44.5 Å². The molecule has 0 aliphatic carbocycles. The SMILES string of the molecule is Cc1cc2c(-c3cccc(/C=C/C(=O)O)c3)c(CC(=O)Nc3ccc(F)cc3C(F)(F)F)c(=O)oc2cc1Cl.Cc1cc2c(-c3cccc(/C=C/C(=O)[O-])c3)c(CC(=O)Nc3ccc(F)cc3C(F)(F)F)c(=O)oc2cc1Cl.O.O.O.[K+]. The number of carbonyl (C=O) groups excluding carboxylic acids is 3. The molecule has 0 fully saturated rings. The third kappa shape index (κ3) is 16.9. The minimum Gasteiger partial charge on any atom is -0.545 e. The van der Waals surface area contributed by atoms with Gasteiger partial charge in [0.2, 0.25) is 11.8 Å². The molecule has 0 aliphatic heterocycles. The number of halogens is 10. The van der Waals surface area contributed by atoms with E-state index < -0.39 is 94.3 Å². The Labute approximate surface area is 509 Å². The van der Waals surface area contributed by atoms with Gasteiger partial charge in [0.05, 0.1) is 52.4 Å². The first-order valence-electron chi connectivity index (χ1n) is 22.5. The molecular formula is C56H41Cl2F8KN2O13. The van der Waals surface area contributed by atoms with E-state index in [4.69, 9.17) is 37.1 Å². The van der Waals surface area contributed by atoms with Crippen LogP contribution in [0.15, 0.2) is 140 Å². The van der Waals surface area contributed by atoms with Crippen molar-refractivity contribution < 1.29 is 141 Å². The molecule has 0 bridgehead atoms. The molecule has 0 unspecified atom stereocenters. The number of nitrogens with one attached hydrogen (secondary N) is 2. The molecule has 0 atom stereocenters. The summed E-state index contributed by atoms with van der Waals surface area (Å²) in [5.41, 5.74) is -2.64. The number of carboxylic acid groups (broad SMARTS) is 2. The Hall–Kier alpha value is -7.36. The van der Waals surface area contributed by atoms with E-state index in [1.807, 2.05) is 0 Å². The molecule has 2 aromatic heterocycles. The number of fused-ring (bicyclic) bond motifs is 2. The first-order valence-corrected chi connectivity index (χ1v) is 23.3. The zero-order valence-corrected chi connectivity index (χ0v) is 47.2. The molecule has 0 aliphatic rings. The standard InChI is InChI=1S/2C28H18ClF4NO5.K.3H2O/c2*1-14-9-18-23(13-21(14)29)39-27(38)19(26(18)16-4-2-3-15(10-16)5-8-25(36)37)12-24(35)34-22-7-6-17(30)11-20(22)28(31,32)33;;;;/h2*2-11,13H,12H2,1H3,(H,34,35)(H,36,37);;3*1H2/q;;+1;;;/p-1/b2*8-5+;;;;. The molecule has 6 aromatic carbocycles. The van der Waals surface area contributed by atoms with Crippen molar-refractivity contribution in [2.45, 2.75) is 39.0 Å². The van der Waals surface area contributed by atoms with E-state index in [0.717, 1.165) is 36.4 Å². The van der Waals surface area contributed by atoms with Gasteiger partial charge in [0.1, 0.15) is 22.8 Å². The monoisotopic (exact) mass is 1210 g/mol. The topological polar surface area (TPSA) is 291 Å². The van der Waals surface area contributed by atoms with Gasteiger partial charge in [-0.15, -0.1) is 0 Å². The van der Waals surface area contributed by atoms with Gasteiger partial charge in [-0.2, -0.15) is 26.3 Å². The number of aliphatic carboxylic acids is 2. The normalized spacial score (nSPS) is 11.2. The van der Waals surface area contributed by atoms with Crippen molar-refractivity contribution in [3.8, 4) is 22.3 Å². The Morgan fingerprint density at radius 3 is 1.32 bits per heavy atom. The van der Waals surface area contributed by atoms with Gasteiger partial charge >= 0.3 is 81.0 Å². The van der Waals surface area contributed by atoms with Crippen LogP contribution in [-0.4, -0.2) is 45.3 Å². The number of alkyl halides is 6. The maximum Gasteiger partial charge on any atom is 1.00 e. The summed E-state index contributed by atoms with van der Waals surface area (Å²) in [7, 11) is 0. The fraction of sp³-hybridized carbons (Fsp3) is 0.107. The molecule has 8 aromatic rings. The van der Waals surface area contributed by atoms with Crippen molar-refractivity contribution in [2.75, 3.05) is 10.6 Å². The van der Waals surface area contributed by atoms with Crippen molar-refractivity contribution in [3.05, 3.63) is 208 Å². The maximum absolute atomic E-state index is 13.5. The molecule has 2 heterocycles. The van der Waals surface area contributed by atoms with Gasteiger partial charge in [-0.25, -0.2) is 23.2 Å². The summed E-state index contributed by atoms with van der Waals surface area (Å²) in [6.45, 7) is 3.41. The minimum absolute atomic E-state index is 0. The van der Waals surface area contributed by atoms with Crippen LogP contribution in [0.3, 0.4) is 0 Å². The molecule has 15 nitrogen and oxygen atoms in total. The van der Waals surface area contributed by atoms with Crippen molar-refractivity contribution in [2.24, 2.45) is 0 Å². The Morgan fingerprint density at radius 1 is 0.585 bits per heavy atom. The van der Waals surface area contributed by atoms with Crippen molar-refractivity contribution in [3.63, 3.8) is 0 Å². The second-order valence-corrected chi connectivity index (χ2v) is 17.9. The third-order valence-electron chi connectivity index (χ3n) is 11.5. The summed E-state index contributed by atoms with van der Waals surface area (Å²) >= 11 is 12.4. The van der Waals surface area contributed by atoms with E-state index in [0.29, 0.717) is 54.2 Å². The third-order valence-corrected chi connectivity index (χ3v) is 12.4. The van der Waals surface area contributed by atoms with Crippen LogP contribution >= 0.6 is 23.2 Å². The van der Waals surface area contributed by atoms with Crippen LogP contribution in [-0.2, 0) is 44.4 Å². The largest absolute Gasteiger partial charge is 1.00 e. The summed E-state index contributed by atoms with van der Waals surface area (Å²) in [5.74, 6) is -6.84. The second kappa shape index (κ2) is 28.6. The maximum atomic E-state index is 13.5. The number of aryl methyl sites for hydroxylation is 2. The molecule has 0 spiro atoms. The fourth-order valence-electron chi connectivity index (χ4n) is 8.08. The Kier molecular flexibility index (Phi) is 24.0. The number of carbonyl (C=O) groups is 4. The zero-order valence-electron chi connectivity index (χ0n) is 42.5. The Balaban J connectivity index is 0.000000410. The van der Waals surface area contributed by atoms with Gasteiger partial charge in [0.15, 0.2) is 0 Å². The molecular weight excluding hydrogens is 1170 g/mol. The van der Waals surface area contributed by atoms with Crippen LogP contribution in [0.5, 0.6) is 0 Å². The van der Waals surface area contributed by atoms with Gasteiger partial charge in [-0.3, -0.25) is 9.59 Å². The fourth-order valence-corrected chi connectivity index (χ4v) is 8.38. The molecule has 0 saturated heterocycles. The summed E-state index contributed by atoms with van der Waals surface area (Å²) in [6.07, 6.45) is -6.92. The smallest absolute Gasteiger partial charge is 0.545 e. The van der Waals surface area contributed by atoms with Gasteiger partial charge in [-0.05, 0) is 120 Å². The van der Waals surface area contributed by atoms with E-state index >= 15 is 0 Å². The van der Waals surface area contributed by atoms with Crippen LogP contribution < -0.4 is 78.4 Å². The summed E-state index contributed by atoms with van der Waals surface area (Å²) < 4.78 is 118. The van der Waals surface area contributed by atoms with Gasteiger partial charge < -0.3 is 50.9 Å². The van der Waals surface area contributed by atoms with Gasteiger partial charge in [0.25, 0.3) is 0 Å². The number of rotatable bonds is 12. The predicted molar refractivity (Wildman–Crippen MR) is 284 cm³/mol. The minimum atomic E-state index is -4.95. The molecule has 2 amide bonds. The molecule has 424 valence electrons. The van der Waals surface area contributed by atoms with E-state index in [1.54, 1.807) is 74.5 Å². The van der Waals surface area contributed by atoms with Crippen molar-refractivity contribution in [1.82, 2.24) is 0 Å². The predicted octanol–water partition coefficient (Wildman–Crippen LogP) is 6.91. The van der Waals surface area contributed by atoms with Crippen LogP contribution in [0.25, 0.3) is 56.3 Å². The first kappa shape index (κ1) is 68.9. The number of benzene rings is 6. The Morgan fingerprint density at radius 2 is 0.963 bits per heavy atom. The van der Waals surface area contributed by atoms with Crippen LogP contribution in [0.2, 0.25) is 10.0 Å². The quantitative estimate of drug-likeness (QED) is 0.0491. The zero-order chi connectivity index (χ0) is 57.0. The molecule has 26 heteroatoms. The van der Waals surface area contributed by atoms with E-state index in [2.05, 4.69) is 10.6 Å². The van der Waals surface area contributed by atoms with Crippen molar-refractivity contribution in [1.29, 1.82) is 0 Å². The number of carboxylic acids is 2. The average Bonchev–Trinajstić information content (AvgIpc) is 3.35.